The van der Waals surface area contributed by atoms with Crippen LogP contribution in [0.5, 0.6) is 0 Å². The van der Waals surface area contributed by atoms with Crippen molar-refractivity contribution < 1.29 is 14.3 Å². The normalized spacial score (nSPS) is 20.1. The Balaban J connectivity index is 1.31. The number of aryl methyl sites for hydroxylation is 1. The molecule has 10 heteroatoms. The molecule has 38 heavy (non-hydrogen) atoms. The van der Waals surface area contributed by atoms with E-state index >= 15 is 0 Å². The van der Waals surface area contributed by atoms with Gasteiger partial charge < -0.3 is 20.7 Å². The standard InChI is InChI=1S/C28H36N6O3S/c1-4-18-11-20(13-30-26(18)29)31-27(35)28(36)34-14-17(2)5-7-23(34)19-6-8-24-22(12-19)32-25(38-24)9-10-33(3)21-15-37-16-21/h6,8,11-13,17,21,23H,4-5,7,9-10,14-16H2,1-3H3,(H2,29,30)(H,31,35)/t17-,23+/m0/s1. The van der Waals surface area contributed by atoms with Crippen LogP contribution in [0, 0.1) is 5.92 Å². The van der Waals surface area contributed by atoms with E-state index in [2.05, 4.69) is 47.4 Å². The average Bonchev–Trinajstić information content (AvgIpc) is 3.29. The van der Waals surface area contributed by atoms with E-state index in [0.717, 1.165) is 65.4 Å². The number of benzene rings is 1. The zero-order chi connectivity index (χ0) is 26.8. The zero-order valence-electron chi connectivity index (χ0n) is 22.3. The molecular weight excluding hydrogens is 500 g/mol. The maximum Gasteiger partial charge on any atom is 0.313 e. The molecule has 2 aliphatic rings. The maximum absolute atomic E-state index is 13.4. The predicted octanol–water partition coefficient (Wildman–Crippen LogP) is 3.65. The molecule has 3 aromatic rings. The molecule has 0 unspecified atom stereocenters. The van der Waals surface area contributed by atoms with Gasteiger partial charge in [-0.2, -0.15) is 0 Å². The summed E-state index contributed by atoms with van der Waals surface area (Å²) in [6.45, 7) is 7.19. The Kier molecular flexibility index (Phi) is 7.92. The Hall–Kier alpha value is -3.08. The number of likely N-dealkylation sites (N-methyl/N-ethyl adjacent to an activating group) is 1. The fourth-order valence-corrected chi connectivity index (χ4v) is 6.09. The van der Waals surface area contributed by atoms with Gasteiger partial charge in [0.05, 0.1) is 52.4 Å². The lowest BCUT2D eigenvalue weighted by Crippen LogP contribution is -2.47. The summed E-state index contributed by atoms with van der Waals surface area (Å²) in [5.74, 6) is -0.433. The highest BCUT2D eigenvalue weighted by molar-refractivity contribution is 7.18. The van der Waals surface area contributed by atoms with Gasteiger partial charge in [0.2, 0.25) is 0 Å². The number of anilines is 2. The molecule has 2 atom stereocenters. The van der Waals surface area contributed by atoms with Crippen LogP contribution in [-0.4, -0.2) is 71.0 Å². The molecule has 9 nitrogen and oxygen atoms in total. The van der Waals surface area contributed by atoms with E-state index in [-0.39, 0.29) is 6.04 Å². The van der Waals surface area contributed by atoms with Crippen LogP contribution in [0.2, 0.25) is 0 Å². The van der Waals surface area contributed by atoms with Gasteiger partial charge in [0.1, 0.15) is 5.82 Å². The van der Waals surface area contributed by atoms with Crippen molar-refractivity contribution in [3.8, 4) is 0 Å². The van der Waals surface area contributed by atoms with Crippen molar-refractivity contribution in [2.24, 2.45) is 5.92 Å². The molecule has 0 saturated carbocycles. The molecular formula is C28H36N6O3S. The molecule has 2 amide bonds. The Bertz CT molecular complexity index is 1320. The monoisotopic (exact) mass is 536 g/mol. The van der Waals surface area contributed by atoms with Crippen LogP contribution in [0.25, 0.3) is 10.2 Å². The average molecular weight is 537 g/mol. The molecule has 1 aromatic carbocycles. The number of nitrogens with two attached hydrogens (primary N) is 1. The smallest absolute Gasteiger partial charge is 0.313 e. The third-order valence-corrected chi connectivity index (χ3v) is 8.77. The van der Waals surface area contributed by atoms with Crippen LogP contribution < -0.4 is 11.1 Å². The highest BCUT2D eigenvalue weighted by Gasteiger charge is 2.34. The number of carbonyl (C=O) groups is 2. The highest BCUT2D eigenvalue weighted by atomic mass is 32.1. The van der Waals surface area contributed by atoms with Gasteiger partial charge >= 0.3 is 11.8 Å². The first-order valence-corrected chi connectivity index (χ1v) is 14.2. The largest absolute Gasteiger partial charge is 0.383 e. The molecule has 0 aliphatic carbocycles. The SMILES string of the molecule is CCc1cc(NC(=O)C(=O)N2C[C@@H](C)CC[C@@H]2c2ccc3sc(CCN(C)C4COC4)nc3c2)cnc1N. The minimum Gasteiger partial charge on any atom is -0.383 e. The number of amides is 2. The number of pyridine rings is 1. The number of carbonyl (C=O) groups excluding carboxylic acids is 2. The van der Waals surface area contributed by atoms with Crippen molar-refractivity contribution >= 4 is 44.9 Å². The number of rotatable bonds is 7. The number of hydrogen-bond acceptors (Lipinski definition) is 8. The van der Waals surface area contributed by atoms with Crippen LogP contribution in [0.1, 0.15) is 48.9 Å². The second-order valence-electron chi connectivity index (χ2n) is 10.5. The summed E-state index contributed by atoms with van der Waals surface area (Å²) in [6.07, 6.45) is 4.87. The summed E-state index contributed by atoms with van der Waals surface area (Å²) in [4.78, 5) is 39.5. The second kappa shape index (κ2) is 11.3. The van der Waals surface area contributed by atoms with Crippen molar-refractivity contribution in [2.75, 3.05) is 44.4 Å². The molecule has 0 spiro atoms. The fraction of sp³-hybridized carbons (Fsp3) is 0.500. The number of fused-ring (bicyclic) bond motifs is 1. The van der Waals surface area contributed by atoms with Crippen LogP contribution in [-0.2, 0) is 27.2 Å². The summed E-state index contributed by atoms with van der Waals surface area (Å²) < 4.78 is 6.44. The van der Waals surface area contributed by atoms with Gasteiger partial charge in [-0.15, -0.1) is 11.3 Å². The number of thiazole rings is 1. The van der Waals surface area contributed by atoms with E-state index in [4.69, 9.17) is 15.5 Å². The minimum absolute atomic E-state index is 0.167. The Labute approximate surface area is 227 Å². The fourth-order valence-electron chi connectivity index (χ4n) is 5.15. The molecule has 5 rings (SSSR count). The van der Waals surface area contributed by atoms with Crippen molar-refractivity contribution in [1.82, 2.24) is 19.8 Å². The van der Waals surface area contributed by atoms with Crippen LogP contribution in [0.4, 0.5) is 11.5 Å². The van der Waals surface area contributed by atoms with E-state index in [1.54, 1.807) is 22.3 Å². The van der Waals surface area contributed by atoms with Gasteiger partial charge in [0, 0.05) is 19.5 Å². The summed E-state index contributed by atoms with van der Waals surface area (Å²) in [5, 5.41) is 3.84. The molecule has 2 aromatic heterocycles. The lowest BCUT2D eigenvalue weighted by Gasteiger charge is -2.38. The summed E-state index contributed by atoms with van der Waals surface area (Å²) >= 11 is 1.72. The van der Waals surface area contributed by atoms with Gasteiger partial charge in [-0.25, -0.2) is 9.97 Å². The number of nitrogens with one attached hydrogen (secondary N) is 1. The van der Waals surface area contributed by atoms with Crippen molar-refractivity contribution in [2.45, 2.75) is 51.6 Å². The lowest BCUT2D eigenvalue weighted by molar-refractivity contribution is -0.146. The molecule has 0 bridgehead atoms. The maximum atomic E-state index is 13.4. The lowest BCUT2D eigenvalue weighted by atomic mass is 9.89. The van der Waals surface area contributed by atoms with E-state index in [1.807, 2.05) is 6.92 Å². The van der Waals surface area contributed by atoms with Crippen molar-refractivity contribution in [3.63, 3.8) is 0 Å². The summed E-state index contributed by atoms with van der Waals surface area (Å²) in [5.41, 5.74) is 9.17. The van der Waals surface area contributed by atoms with Crippen LogP contribution >= 0.6 is 11.3 Å². The van der Waals surface area contributed by atoms with Gasteiger partial charge in [0.15, 0.2) is 0 Å². The zero-order valence-corrected chi connectivity index (χ0v) is 23.1. The first kappa shape index (κ1) is 26.5. The molecule has 3 N–H and O–H groups in total. The molecule has 2 saturated heterocycles. The number of aromatic nitrogens is 2. The molecule has 2 fully saturated rings. The molecule has 0 radical (unpaired) electrons. The number of hydrogen-bond donors (Lipinski definition) is 2. The number of nitrogen functional groups attached to an aromatic ring is 1. The Morgan fingerprint density at radius 1 is 1.26 bits per heavy atom. The molecule has 2 aliphatic heterocycles. The summed E-state index contributed by atoms with van der Waals surface area (Å²) in [7, 11) is 2.14. The van der Waals surface area contributed by atoms with Gasteiger partial charge in [-0.1, -0.05) is 19.9 Å². The Morgan fingerprint density at radius 2 is 2.08 bits per heavy atom. The van der Waals surface area contributed by atoms with Gasteiger partial charge in [-0.05, 0) is 61.6 Å². The molecule has 4 heterocycles. The number of ether oxygens (including phenoxy) is 1. The van der Waals surface area contributed by atoms with Crippen LogP contribution in [0.15, 0.2) is 30.5 Å². The van der Waals surface area contributed by atoms with E-state index < -0.39 is 11.8 Å². The van der Waals surface area contributed by atoms with E-state index in [9.17, 15) is 9.59 Å². The topological polar surface area (TPSA) is 114 Å². The Morgan fingerprint density at radius 3 is 2.82 bits per heavy atom. The molecule has 202 valence electrons. The first-order valence-electron chi connectivity index (χ1n) is 13.4. The van der Waals surface area contributed by atoms with Crippen molar-refractivity contribution in [3.05, 3.63) is 46.6 Å². The van der Waals surface area contributed by atoms with Gasteiger partial charge in [0.25, 0.3) is 0 Å². The minimum atomic E-state index is -0.657. The van der Waals surface area contributed by atoms with Crippen molar-refractivity contribution in [1.29, 1.82) is 0 Å². The highest BCUT2D eigenvalue weighted by Crippen LogP contribution is 2.36. The van der Waals surface area contributed by atoms with Crippen LogP contribution in [0.3, 0.4) is 0 Å². The second-order valence-corrected chi connectivity index (χ2v) is 11.6. The predicted molar refractivity (Wildman–Crippen MR) is 150 cm³/mol. The number of nitrogens with zero attached hydrogens (tertiary/aromatic N) is 4. The number of piperidine rings is 1. The first-order chi connectivity index (χ1) is 18.3. The van der Waals surface area contributed by atoms with E-state index in [0.29, 0.717) is 36.4 Å². The summed E-state index contributed by atoms with van der Waals surface area (Å²) in [6, 6.07) is 8.39. The van der Waals surface area contributed by atoms with E-state index in [1.165, 1.54) is 6.20 Å². The quantitative estimate of drug-likeness (QED) is 0.443. The van der Waals surface area contributed by atoms with Gasteiger partial charge in [-0.3, -0.25) is 14.5 Å². The third-order valence-electron chi connectivity index (χ3n) is 7.68. The third kappa shape index (κ3) is 5.67. The number of likely N-dealkylation sites (tertiary alicyclic amines) is 1.